The molecule has 1 aromatic carbocycles. The van der Waals surface area contributed by atoms with Crippen LogP contribution >= 0.6 is 0 Å². The van der Waals surface area contributed by atoms with E-state index in [9.17, 15) is 9.59 Å². The highest BCUT2D eigenvalue weighted by molar-refractivity contribution is 5.88. The minimum Gasteiger partial charge on any atom is -0.497 e. The molecular weight excluding hydrogens is 334 g/mol. The average Bonchev–Trinajstić information content (AvgIpc) is 2.62. The molecule has 0 radical (unpaired) electrons. The Hall–Kier alpha value is -2.12. The molecular formula is C19H29N3O4. The van der Waals surface area contributed by atoms with Crippen LogP contribution in [0.4, 0.5) is 0 Å². The van der Waals surface area contributed by atoms with E-state index < -0.39 is 6.04 Å². The third kappa shape index (κ3) is 6.31. The van der Waals surface area contributed by atoms with Crippen LogP contribution in [-0.2, 0) is 20.9 Å². The monoisotopic (exact) mass is 363 g/mol. The van der Waals surface area contributed by atoms with Crippen molar-refractivity contribution in [3.8, 4) is 5.75 Å². The van der Waals surface area contributed by atoms with Gasteiger partial charge in [0.25, 0.3) is 0 Å². The predicted octanol–water partition coefficient (Wildman–Crippen LogP) is 0.927. The zero-order chi connectivity index (χ0) is 18.9. The van der Waals surface area contributed by atoms with Gasteiger partial charge < -0.3 is 20.1 Å². The lowest BCUT2D eigenvalue weighted by Crippen LogP contribution is -2.56. The molecule has 7 heteroatoms. The first-order valence-corrected chi connectivity index (χ1v) is 9.02. The summed E-state index contributed by atoms with van der Waals surface area (Å²) in [7, 11) is 1.63. The maximum absolute atomic E-state index is 12.3. The van der Waals surface area contributed by atoms with Crippen LogP contribution in [0.15, 0.2) is 24.3 Å². The van der Waals surface area contributed by atoms with Crippen LogP contribution in [0, 0.1) is 0 Å². The number of nitrogens with one attached hydrogen (secondary N) is 2. The Kier molecular flexibility index (Phi) is 7.87. The van der Waals surface area contributed by atoms with Crippen molar-refractivity contribution in [2.45, 2.75) is 39.0 Å². The second-order valence-corrected chi connectivity index (χ2v) is 6.60. The molecule has 2 rings (SSSR count). The van der Waals surface area contributed by atoms with E-state index in [0.29, 0.717) is 32.8 Å². The Morgan fingerprint density at radius 3 is 2.96 bits per heavy atom. The highest BCUT2D eigenvalue weighted by Crippen LogP contribution is 2.18. The van der Waals surface area contributed by atoms with Crippen molar-refractivity contribution in [1.82, 2.24) is 15.5 Å². The summed E-state index contributed by atoms with van der Waals surface area (Å²) >= 11 is 0. The van der Waals surface area contributed by atoms with Crippen molar-refractivity contribution in [2.75, 3.05) is 33.4 Å². The van der Waals surface area contributed by atoms with Crippen LogP contribution < -0.4 is 15.4 Å². The zero-order valence-corrected chi connectivity index (χ0v) is 15.8. The normalized spacial score (nSPS) is 17.8. The molecule has 1 unspecified atom stereocenters. The van der Waals surface area contributed by atoms with Gasteiger partial charge in [-0.25, -0.2) is 0 Å². The van der Waals surface area contributed by atoms with E-state index in [1.807, 2.05) is 43.0 Å². The second-order valence-electron chi connectivity index (χ2n) is 6.60. The second kappa shape index (κ2) is 10.1. The van der Waals surface area contributed by atoms with Crippen LogP contribution in [-0.4, -0.2) is 62.2 Å². The minimum absolute atomic E-state index is 0.104. The van der Waals surface area contributed by atoms with E-state index in [-0.39, 0.29) is 24.3 Å². The van der Waals surface area contributed by atoms with Crippen LogP contribution in [0.5, 0.6) is 5.75 Å². The Labute approximate surface area is 155 Å². The van der Waals surface area contributed by atoms with E-state index in [2.05, 4.69) is 10.6 Å². The molecule has 1 fully saturated rings. The smallest absolute Gasteiger partial charge is 0.237 e. The molecule has 1 heterocycles. The number of hydrogen-bond donors (Lipinski definition) is 2. The van der Waals surface area contributed by atoms with Gasteiger partial charge in [0, 0.05) is 26.2 Å². The average molecular weight is 363 g/mol. The molecule has 7 nitrogen and oxygen atoms in total. The first kappa shape index (κ1) is 20.2. The lowest BCUT2D eigenvalue weighted by molar-refractivity contribution is -0.134. The summed E-state index contributed by atoms with van der Waals surface area (Å²) in [6.45, 7) is 6.70. The topological polar surface area (TPSA) is 79.9 Å². The van der Waals surface area contributed by atoms with Gasteiger partial charge in [-0.1, -0.05) is 12.1 Å². The maximum atomic E-state index is 12.3. The fourth-order valence-corrected chi connectivity index (χ4v) is 2.91. The predicted molar refractivity (Wildman–Crippen MR) is 98.9 cm³/mol. The molecule has 0 aromatic heterocycles. The lowest BCUT2D eigenvalue weighted by Gasteiger charge is -2.34. The maximum Gasteiger partial charge on any atom is 0.237 e. The van der Waals surface area contributed by atoms with E-state index in [1.165, 1.54) is 0 Å². The number of methoxy groups -OCH3 is 1. The number of ether oxygens (including phenoxy) is 2. The van der Waals surface area contributed by atoms with Crippen LogP contribution in [0.3, 0.4) is 0 Å². The minimum atomic E-state index is -0.471. The number of nitrogens with zero attached hydrogens (tertiary/aromatic N) is 1. The summed E-state index contributed by atoms with van der Waals surface area (Å²) in [5, 5.41) is 5.67. The van der Waals surface area contributed by atoms with Crippen molar-refractivity contribution >= 4 is 11.8 Å². The molecule has 0 spiro atoms. The number of carbonyl (C=O) groups is 2. The van der Waals surface area contributed by atoms with Crippen LogP contribution in [0.1, 0.15) is 25.8 Å². The Bertz CT molecular complexity index is 606. The molecule has 1 aromatic rings. The van der Waals surface area contributed by atoms with Gasteiger partial charge >= 0.3 is 0 Å². The van der Waals surface area contributed by atoms with Gasteiger partial charge in [0.05, 0.1) is 32.3 Å². The molecule has 0 saturated carbocycles. The standard InChI is InChI=1S/C19H29N3O4/c1-14(2)26-10-8-20-18(23)12-17-19(24)21-7-9-22(17)13-15-5-4-6-16(11-15)25-3/h4-6,11,14,17H,7-10,12-13H2,1-3H3,(H,20,23)(H,21,24). The molecule has 1 aliphatic heterocycles. The van der Waals surface area contributed by atoms with Crippen LogP contribution in [0.25, 0.3) is 0 Å². The van der Waals surface area contributed by atoms with Gasteiger partial charge in [-0.2, -0.15) is 0 Å². The molecule has 0 bridgehead atoms. The Morgan fingerprint density at radius 2 is 2.23 bits per heavy atom. The number of benzene rings is 1. The van der Waals surface area contributed by atoms with Gasteiger partial charge in [-0.05, 0) is 31.5 Å². The summed E-state index contributed by atoms with van der Waals surface area (Å²) in [6.07, 6.45) is 0.270. The molecule has 2 N–H and O–H groups in total. The quantitative estimate of drug-likeness (QED) is 0.638. The van der Waals surface area contributed by atoms with Crippen LogP contribution in [0.2, 0.25) is 0 Å². The molecule has 1 aliphatic rings. The fraction of sp³-hybridized carbons (Fsp3) is 0.579. The van der Waals surface area contributed by atoms with E-state index in [1.54, 1.807) is 7.11 Å². The van der Waals surface area contributed by atoms with Gasteiger partial charge in [0.15, 0.2) is 0 Å². The highest BCUT2D eigenvalue weighted by Gasteiger charge is 2.31. The summed E-state index contributed by atoms with van der Waals surface area (Å²) in [5.41, 5.74) is 1.05. The third-order valence-electron chi connectivity index (χ3n) is 4.22. The number of rotatable bonds is 9. The van der Waals surface area contributed by atoms with Crippen molar-refractivity contribution in [1.29, 1.82) is 0 Å². The van der Waals surface area contributed by atoms with Gasteiger partial charge in [-0.15, -0.1) is 0 Å². The van der Waals surface area contributed by atoms with Crippen molar-refractivity contribution in [2.24, 2.45) is 0 Å². The molecule has 2 amide bonds. The summed E-state index contributed by atoms with van der Waals surface area (Å²) < 4.78 is 10.7. The zero-order valence-electron chi connectivity index (χ0n) is 15.8. The van der Waals surface area contributed by atoms with Gasteiger partial charge in [-0.3, -0.25) is 14.5 Å². The van der Waals surface area contributed by atoms with Gasteiger partial charge in [0.1, 0.15) is 5.75 Å². The number of carbonyl (C=O) groups excluding carboxylic acids is 2. The SMILES string of the molecule is COc1cccc(CN2CCNC(=O)C2CC(=O)NCCOC(C)C)c1. The summed E-state index contributed by atoms with van der Waals surface area (Å²) in [6, 6.07) is 7.29. The summed E-state index contributed by atoms with van der Waals surface area (Å²) in [5.74, 6) is 0.534. The van der Waals surface area contributed by atoms with E-state index in [4.69, 9.17) is 9.47 Å². The first-order chi connectivity index (χ1) is 12.5. The molecule has 26 heavy (non-hydrogen) atoms. The van der Waals surface area contributed by atoms with Gasteiger partial charge in [0.2, 0.25) is 11.8 Å². The first-order valence-electron chi connectivity index (χ1n) is 9.02. The molecule has 1 atom stereocenters. The Balaban J connectivity index is 1.92. The highest BCUT2D eigenvalue weighted by atomic mass is 16.5. The molecule has 0 aliphatic carbocycles. The number of amides is 2. The van der Waals surface area contributed by atoms with Crippen molar-refractivity contribution in [3.63, 3.8) is 0 Å². The molecule has 1 saturated heterocycles. The van der Waals surface area contributed by atoms with E-state index in [0.717, 1.165) is 11.3 Å². The number of hydrogen-bond acceptors (Lipinski definition) is 5. The lowest BCUT2D eigenvalue weighted by atomic mass is 10.1. The number of piperazine rings is 1. The third-order valence-corrected chi connectivity index (χ3v) is 4.22. The van der Waals surface area contributed by atoms with Crippen molar-refractivity contribution in [3.05, 3.63) is 29.8 Å². The molecule has 144 valence electrons. The largest absolute Gasteiger partial charge is 0.497 e. The Morgan fingerprint density at radius 1 is 1.42 bits per heavy atom. The van der Waals surface area contributed by atoms with Crippen molar-refractivity contribution < 1.29 is 19.1 Å². The van der Waals surface area contributed by atoms with E-state index >= 15 is 0 Å². The summed E-state index contributed by atoms with van der Waals surface area (Å²) in [4.78, 5) is 26.5. The fourth-order valence-electron chi connectivity index (χ4n) is 2.91.